The number of pyridine rings is 1. The minimum atomic E-state index is 0.549. The van der Waals surface area contributed by atoms with Crippen molar-refractivity contribution < 1.29 is 0 Å². The summed E-state index contributed by atoms with van der Waals surface area (Å²) >= 11 is 0. The number of nitrogens with one attached hydrogen (secondary N) is 2. The Labute approximate surface area is 151 Å². The summed E-state index contributed by atoms with van der Waals surface area (Å²) in [5, 5.41) is 7.44. The van der Waals surface area contributed by atoms with E-state index in [4.69, 9.17) is 0 Å². The summed E-state index contributed by atoms with van der Waals surface area (Å²) in [4.78, 5) is 7.18. The molecule has 0 amide bonds. The highest BCUT2D eigenvalue weighted by Gasteiger charge is 2.56. The highest BCUT2D eigenvalue weighted by atomic mass is 15.2. The molecule has 3 aliphatic carbocycles. The van der Waals surface area contributed by atoms with Crippen LogP contribution < -0.4 is 15.5 Å². The first kappa shape index (κ1) is 15.9. The minimum absolute atomic E-state index is 0.549. The molecule has 2 unspecified atom stereocenters. The van der Waals surface area contributed by atoms with E-state index in [0.717, 1.165) is 36.0 Å². The average molecular weight is 341 g/mol. The van der Waals surface area contributed by atoms with Crippen LogP contribution in [0.5, 0.6) is 0 Å². The maximum atomic E-state index is 4.63. The summed E-state index contributed by atoms with van der Waals surface area (Å²) in [6, 6.07) is 5.73. The van der Waals surface area contributed by atoms with Crippen LogP contribution in [0, 0.1) is 29.1 Å². The van der Waals surface area contributed by atoms with Gasteiger partial charge in [0.2, 0.25) is 0 Å². The molecule has 25 heavy (non-hydrogen) atoms. The highest BCUT2D eigenvalue weighted by Crippen LogP contribution is 2.61. The molecule has 6 rings (SSSR count). The van der Waals surface area contributed by atoms with Gasteiger partial charge in [-0.1, -0.05) is 20.8 Å². The Balaban J connectivity index is 1.28. The van der Waals surface area contributed by atoms with Gasteiger partial charge in [-0.05, 0) is 61.0 Å². The zero-order chi connectivity index (χ0) is 17.2. The van der Waals surface area contributed by atoms with Crippen LogP contribution >= 0.6 is 0 Å². The molecule has 1 aromatic rings. The number of aromatic nitrogens is 1. The summed E-state index contributed by atoms with van der Waals surface area (Å²) in [6.45, 7) is 10.9. The van der Waals surface area contributed by atoms with Crippen molar-refractivity contribution in [2.24, 2.45) is 29.1 Å². The standard InChI is InChI=1S/C21H32N4/c1-13-17-8-15(21(17,2)3)9-18(13)24-20-10-16(5-7-23-20)25-11-14-4-6-22-19(14)12-25/h5,7,10,13-15,17-19,22H,4,6,8-9,11-12H2,1-3H3,(H,23,24)/t13?,14-,15-,17+,18?,19+/m1/s1. The predicted molar refractivity (Wildman–Crippen MR) is 103 cm³/mol. The Morgan fingerprint density at radius 3 is 2.92 bits per heavy atom. The van der Waals surface area contributed by atoms with E-state index >= 15 is 0 Å². The molecule has 3 saturated carbocycles. The van der Waals surface area contributed by atoms with E-state index in [0.29, 0.717) is 17.5 Å². The molecular formula is C21H32N4. The van der Waals surface area contributed by atoms with E-state index in [1.807, 2.05) is 6.20 Å². The van der Waals surface area contributed by atoms with E-state index in [1.54, 1.807) is 0 Å². The van der Waals surface area contributed by atoms with Crippen LogP contribution in [0.2, 0.25) is 0 Å². The fourth-order valence-corrected chi connectivity index (χ4v) is 6.29. The lowest BCUT2D eigenvalue weighted by Crippen LogP contribution is -2.58. The van der Waals surface area contributed by atoms with E-state index < -0.39 is 0 Å². The predicted octanol–water partition coefficient (Wildman–Crippen LogP) is 3.36. The second-order valence-electron chi connectivity index (χ2n) is 9.62. The summed E-state index contributed by atoms with van der Waals surface area (Å²) < 4.78 is 0. The maximum Gasteiger partial charge on any atom is 0.128 e. The first-order valence-electron chi connectivity index (χ1n) is 10.2. The molecule has 136 valence electrons. The second-order valence-corrected chi connectivity index (χ2v) is 9.62. The van der Waals surface area contributed by atoms with Gasteiger partial charge in [0, 0.05) is 43.1 Å². The molecule has 6 atom stereocenters. The van der Waals surface area contributed by atoms with Gasteiger partial charge in [0.05, 0.1) is 0 Å². The molecule has 0 aromatic carbocycles. The number of anilines is 2. The van der Waals surface area contributed by atoms with Crippen LogP contribution in [0.15, 0.2) is 18.3 Å². The Kier molecular flexibility index (Phi) is 3.57. The fourth-order valence-electron chi connectivity index (χ4n) is 6.29. The molecule has 4 nitrogen and oxygen atoms in total. The average Bonchev–Trinajstić information content (AvgIpc) is 3.18. The van der Waals surface area contributed by atoms with Gasteiger partial charge >= 0.3 is 0 Å². The first-order valence-corrected chi connectivity index (χ1v) is 10.2. The van der Waals surface area contributed by atoms with Gasteiger partial charge in [-0.25, -0.2) is 4.98 Å². The van der Waals surface area contributed by atoms with Gasteiger partial charge < -0.3 is 15.5 Å². The van der Waals surface area contributed by atoms with E-state index in [9.17, 15) is 0 Å². The molecule has 3 heterocycles. The molecular weight excluding hydrogens is 308 g/mol. The topological polar surface area (TPSA) is 40.2 Å². The van der Waals surface area contributed by atoms with Crippen molar-refractivity contribution in [2.45, 2.75) is 52.1 Å². The third-order valence-electron chi connectivity index (χ3n) is 8.16. The molecule has 0 radical (unpaired) electrons. The fraction of sp³-hybridized carbons (Fsp3) is 0.762. The van der Waals surface area contributed by atoms with Crippen LogP contribution in [0.3, 0.4) is 0 Å². The lowest BCUT2D eigenvalue weighted by atomic mass is 9.45. The summed E-state index contributed by atoms with van der Waals surface area (Å²) in [5.41, 5.74) is 1.88. The SMILES string of the molecule is CC1C(Nc2cc(N3C[C@H]4CCN[C@H]4C3)ccn2)C[C@H]2C[C@@H]1C2(C)C. The number of rotatable bonds is 3. The molecule has 1 aromatic heterocycles. The van der Waals surface area contributed by atoms with Crippen molar-refractivity contribution in [3.63, 3.8) is 0 Å². The Bertz CT molecular complexity index is 645. The highest BCUT2D eigenvalue weighted by molar-refractivity contribution is 5.55. The molecule has 5 aliphatic rings. The number of nitrogens with zero attached hydrogens (tertiary/aromatic N) is 2. The van der Waals surface area contributed by atoms with E-state index in [1.165, 1.54) is 38.0 Å². The largest absolute Gasteiger partial charge is 0.369 e. The second kappa shape index (κ2) is 5.60. The number of hydrogen-bond acceptors (Lipinski definition) is 4. The van der Waals surface area contributed by atoms with E-state index in [2.05, 4.69) is 53.4 Å². The van der Waals surface area contributed by atoms with Crippen molar-refractivity contribution in [3.05, 3.63) is 18.3 Å². The normalized spacial score (nSPS) is 41.3. The van der Waals surface area contributed by atoms with Crippen LogP contribution in [-0.4, -0.2) is 36.7 Å². The zero-order valence-electron chi connectivity index (χ0n) is 15.8. The zero-order valence-corrected chi connectivity index (χ0v) is 15.8. The maximum absolute atomic E-state index is 4.63. The van der Waals surface area contributed by atoms with Gasteiger partial charge in [0.1, 0.15) is 5.82 Å². The van der Waals surface area contributed by atoms with Crippen molar-refractivity contribution in [1.82, 2.24) is 10.3 Å². The Morgan fingerprint density at radius 1 is 1.28 bits per heavy atom. The monoisotopic (exact) mass is 340 g/mol. The van der Waals surface area contributed by atoms with Gasteiger partial charge in [-0.15, -0.1) is 0 Å². The van der Waals surface area contributed by atoms with E-state index in [-0.39, 0.29) is 0 Å². The smallest absolute Gasteiger partial charge is 0.128 e. The Hall–Kier alpha value is -1.29. The van der Waals surface area contributed by atoms with Gasteiger partial charge in [0.25, 0.3) is 0 Å². The van der Waals surface area contributed by atoms with Crippen molar-refractivity contribution in [2.75, 3.05) is 29.9 Å². The first-order chi connectivity index (χ1) is 12.0. The van der Waals surface area contributed by atoms with Crippen LogP contribution in [0.1, 0.15) is 40.0 Å². The Morgan fingerprint density at radius 2 is 2.16 bits per heavy atom. The van der Waals surface area contributed by atoms with Crippen molar-refractivity contribution in [1.29, 1.82) is 0 Å². The number of fused-ring (bicyclic) bond motifs is 3. The molecule has 4 heteroatoms. The van der Waals surface area contributed by atoms with Gasteiger partial charge in [-0.3, -0.25) is 0 Å². The number of hydrogen-bond donors (Lipinski definition) is 2. The van der Waals surface area contributed by atoms with Crippen molar-refractivity contribution >= 4 is 11.5 Å². The molecule has 2 aliphatic heterocycles. The van der Waals surface area contributed by atoms with Crippen LogP contribution in [-0.2, 0) is 0 Å². The third-order valence-corrected chi connectivity index (χ3v) is 8.16. The lowest BCUT2D eigenvalue weighted by Gasteiger charge is -2.62. The molecule has 2 bridgehead atoms. The van der Waals surface area contributed by atoms with Gasteiger partial charge in [0.15, 0.2) is 0 Å². The quantitative estimate of drug-likeness (QED) is 0.885. The van der Waals surface area contributed by atoms with Gasteiger partial charge in [-0.2, -0.15) is 0 Å². The minimum Gasteiger partial charge on any atom is -0.369 e. The lowest BCUT2D eigenvalue weighted by molar-refractivity contribution is -0.105. The third kappa shape index (κ3) is 2.48. The van der Waals surface area contributed by atoms with Crippen molar-refractivity contribution in [3.8, 4) is 0 Å². The molecule has 5 fully saturated rings. The summed E-state index contributed by atoms with van der Waals surface area (Å²) in [7, 11) is 0. The molecule has 2 saturated heterocycles. The molecule has 0 spiro atoms. The summed E-state index contributed by atoms with van der Waals surface area (Å²) in [6.07, 6.45) is 6.05. The van der Waals surface area contributed by atoms with Crippen LogP contribution in [0.25, 0.3) is 0 Å². The summed E-state index contributed by atoms with van der Waals surface area (Å²) in [5.74, 6) is 4.39. The van der Waals surface area contributed by atoms with Crippen LogP contribution in [0.4, 0.5) is 11.5 Å². The molecule has 2 N–H and O–H groups in total.